The van der Waals surface area contributed by atoms with Crippen molar-refractivity contribution in [3.63, 3.8) is 0 Å². The van der Waals surface area contributed by atoms with E-state index >= 15 is 0 Å². The number of benzene rings is 2. The summed E-state index contributed by atoms with van der Waals surface area (Å²) in [6.07, 6.45) is 6.44. The van der Waals surface area contributed by atoms with Crippen LogP contribution in [0.2, 0.25) is 0 Å². The van der Waals surface area contributed by atoms with Crippen LogP contribution in [-0.4, -0.2) is 17.4 Å². The van der Waals surface area contributed by atoms with E-state index in [2.05, 4.69) is 11.9 Å². The van der Waals surface area contributed by atoms with Gasteiger partial charge >= 0.3 is 0 Å². The Labute approximate surface area is 179 Å². The molecule has 0 aliphatic carbocycles. The molecule has 0 N–H and O–H groups in total. The molecule has 0 unspecified atom stereocenters. The van der Waals surface area contributed by atoms with E-state index in [-0.39, 0.29) is 5.78 Å². The molecule has 1 aromatic heterocycles. The molecule has 30 heavy (non-hydrogen) atoms. The Kier molecular flexibility index (Phi) is 7.09. The van der Waals surface area contributed by atoms with Gasteiger partial charge in [0.25, 0.3) is 0 Å². The van der Waals surface area contributed by atoms with Gasteiger partial charge in [-0.3, -0.25) is 4.79 Å². The van der Waals surface area contributed by atoms with Gasteiger partial charge in [-0.05, 0) is 42.8 Å². The number of carbonyl (C=O) groups is 1. The lowest BCUT2D eigenvalue weighted by atomic mass is 9.86. The van der Waals surface area contributed by atoms with Crippen molar-refractivity contribution in [1.29, 1.82) is 0 Å². The average Bonchev–Trinajstić information content (AvgIpc) is 3.23. The Hall–Kier alpha value is -2.88. The molecule has 0 amide bonds. The zero-order valence-corrected chi connectivity index (χ0v) is 18.4. The molecule has 0 fully saturated rings. The largest absolute Gasteiger partial charge is 0.494 e. The van der Waals surface area contributed by atoms with Crippen LogP contribution >= 0.6 is 0 Å². The summed E-state index contributed by atoms with van der Waals surface area (Å²) in [5, 5.41) is 0. The third kappa shape index (κ3) is 5.59. The van der Waals surface area contributed by atoms with Gasteiger partial charge in [0.15, 0.2) is 5.78 Å². The number of aromatic nitrogens is 1. The first-order valence-corrected chi connectivity index (χ1v) is 10.7. The van der Waals surface area contributed by atoms with Gasteiger partial charge in [-0.2, -0.15) is 0 Å². The van der Waals surface area contributed by atoms with E-state index < -0.39 is 5.41 Å². The summed E-state index contributed by atoms with van der Waals surface area (Å²) in [6.45, 7) is 8.73. The number of ether oxygens (including phenoxy) is 1. The second kappa shape index (κ2) is 9.75. The summed E-state index contributed by atoms with van der Waals surface area (Å²) in [7, 11) is 0. The van der Waals surface area contributed by atoms with Crippen molar-refractivity contribution >= 4 is 5.78 Å². The van der Waals surface area contributed by atoms with Crippen LogP contribution in [0.1, 0.15) is 63.7 Å². The lowest BCUT2D eigenvalue weighted by molar-refractivity contribution is 0.0858. The van der Waals surface area contributed by atoms with Crippen LogP contribution in [0.25, 0.3) is 22.7 Å². The molecule has 0 aliphatic rings. The van der Waals surface area contributed by atoms with Gasteiger partial charge in [-0.25, -0.2) is 4.98 Å². The van der Waals surface area contributed by atoms with Gasteiger partial charge in [0.2, 0.25) is 5.89 Å². The van der Waals surface area contributed by atoms with Gasteiger partial charge < -0.3 is 9.15 Å². The lowest BCUT2D eigenvalue weighted by Gasteiger charge is -2.16. The number of hydrogen-bond donors (Lipinski definition) is 0. The molecular formula is C26H31NO3. The lowest BCUT2D eigenvalue weighted by Crippen LogP contribution is -2.19. The normalized spacial score (nSPS) is 11.5. The number of rotatable bonds is 9. The van der Waals surface area contributed by atoms with Crippen molar-refractivity contribution in [1.82, 2.24) is 4.98 Å². The molecule has 3 aromatic rings. The first kappa shape index (κ1) is 21.8. The molecule has 0 atom stereocenters. The molecule has 158 valence electrons. The smallest absolute Gasteiger partial charge is 0.226 e. The van der Waals surface area contributed by atoms with Crippen LogP contribution in [0.15, 0.2) is 59.2 Å². The van der Waals surface area contributed by atoms with Gasteiger partial charge in [0.05, 0.1) is 6.61 Å². The van der Waals surface area contributed by atoms with E-state index in [0.717, 1.165) is 35.6 Å². The summed E-state index contributed by atoms with van der Waals surface area (Å²) in [4.78, 5) is 17.0. The van der Waals surface area contributed by atoms with Crippen molar-refractivity contribution in [2.24, 2.45) is 5.41 Å². The highest BCUT2D eigenvalue weighted by molar-refractivity contribution is 6.00. The van der Waals surface area contributed by atoms with Gasteiger partial charge in [-0.15, -0.1) is 0 Å². The van der Waals surface area contributed by atoms with E-state index in [4.69, 9.17) is 9.15 Å². The number of Topliss-reactive ketones (excluding diaryl/α,β-unsaturated/α-hetero) is 1. The number of unbranched alkanes of at least 4 members (excludes halogenated alkanes) is 3. The molecule has 0 saturated carbocycles. The Morgan fingerprint density at radius 1 is 0.933 bits per heavy atom. The molecule has 4 heteroatoms. The fourth-order valence-electron chi connectivity index (χ4n) is 3.18. The Bertz CT molecular complexity index is 947. The summed E-state index contributed by atoms with van der Waals surface area (Å²) >= 11 is 0. The van der Waals surface area contributed by atoms with Gasteiger partial charge in [0.1, 0.15) is 17.7 Å². The van der Waals surface area contributed by atoms with Crippen molar-refractivity contribution in [2.75, 3.05) is 6.61 Å². The van der Waals surface area contributed by atoms with Crippen LogP contribution in [0.3, 0.4) is 0 Å². The summed E-state index contributed by atoms with van der Waals surface area (Å²) < 4.78 is 11.5. The predicted molar refractivity (Wildman–Crippen MR) is 121 cm³/mol. The molecule has 2 aromatic carbocycles. The highest BCUT2D eigenvalue weighted by Crippen LogP contribution is 2.27. The van der Waals surface area contributed by atoms with Crippen molar-refractivity contribution < 1.29 is 13.9 Å². The van der Waals surface area contributed by atoms with E-state index in [1.165, 1.54) is 19.3 Å². The Morgan fingerprint density at radius 2 is 1.60 bits per heavy atom. The number of oxazole rings is 1. The molecule has 1 heterocycles. The molecule has 0 radical (unpaired) electrons. The molecule has 0 bridgehead atoms. The topological polar surface area (TPSA) is 52.3 Å². The van der Waals surface area contributed by atoms with Crippen LogP contribution in [0.5, 0.6) is 5.75 Å². The van der Waals surface area contributed by atoms with E-state index in [9.17, 15) is 4.79 Å². The molecule has 0 aliphatic heterocycles. The fourth-order valence-corrected chi connectivity index (χ4v) is 3.18. The van der Waals surface area contributed by atoms with E-state index in [0.29, 0.717) is 11.5 Å². The highest BCUT2D eigenvalue weighted by atomic mass is 16.5. The second-order valence-corrected chi connectivity index (χ2v) is 8.63. The van der Waals surface area contributed by atoms with E-state index in [1.807, 2.05) is 69.3 Å². The quantitative estimate of drug-likeness (QED) is 0.279. The Balaban J connectivity index is 1.64. The minimum Gasteiger partial charge on any atom is -0.494 e. The van der Waals surface area contributed by atoms with E-state index in [1.54, 1.807) is 6.26 Å². The SMILES string of the molecule is CCCCCCOc1ccc(-c2coc(-c3ccc(C(=O)C(C)(C)C)cc3)n2)cc1. The maximum Gasteiger partial charge on any atom is 0.226 e. The van der Waals surface area contributed by atoms with Gasteiger partial charge in [0, 0.05) is 22.1 Å². The van der Waals surface area contributed by atoms with Crippen LogP contribution in [0.4, 0.5) is 0 Å². The molecular weight excluding hydrogens is 374 g/mol. The molecule has 4 nitrogen and oxygen atoms in total. The molecule has 0 saturated heterocycles. The predicted octanol–water partition coefficient (Wildman–Crippen LogP) is 7.20. The number of hydrogen-bond acceptors (Lipinski definition) is 4. The third-order valence-corrected chi connectivity index (χ3v) is 5.00. The van der Waals surface area contributed by atoms with Crippen molar-refractivity contribution in [3.05, 3.63) is 60.4 Å². The summed E-state index contributed by atoms with van der Waals surface area (Å²) in [5.41, 5.74) is 2.89. The minimum absolute atomic E-state index is 0.120. The zero-order chi connectivity index (χ0) is 21.6. The fraction of sp³-hybridized carbons (Fsp3) is 0.385. The number of nitrogens with zero attached hydrogens (tertiary/aromatic N) is 1. The third-order valence-electron chi connectivity index (χ3n) is 5.00. The molecule has 3 rings (SSSR count). The van der Waals surface area contributed by atoms with Crippen LogP contribution in [-0.2, 0) is 0 Å². The maximum atomic E-state index is 12.4. The minimum atomic E-state index is -0.400. The Morgan fingerprint density at radius 3 is 2.23 bits per heavy atom. The van der Waals surface area contributed by atoms with Crippen molar-refractivity contribution in [3.8, 4) is 28.5 Å². The summed E-state index contributed by atoms with van der Waals surface area (Å²) in [5.74, 6) is 1.53. The monoisotopic (exact) mass is 405 g/mol. The number of carbonyl (C=O) groups excluding carboxylic acids is 1. The first-order valence-electron chi connectivity index (χ1n) is 10.7. The second-order valence-electron chi connectivity index (χ2n) is 8.63. The standard InChI is InChI=1S/C26H31NO3/c1-5-6-7-8-17-29-22-15-13-19(14-16-22)23-18-30-25(27-23)21-11-9-20(10-12-21)24(28)26(2,3)4/h9-16,18H,5-8,17H2,1-4H3. The van der Waals surface area contributed by atoms with Crippen molar-refractivity contribution in [2.45, 2.75) is 53.4 Å². The first-order chi connectivity index (χ1) is 14.4. The average molecular weight is 406 g/mol. The molecule has 0 spiro atoms. The number of ketones is 1. The van der Waals surface area contributed by atoms with Gasteiger partial charge in [-0.1, -0.05) is 59.1 Å². The highest BCUT2D eigenvalue weighted by Gasteiger charge is 2.22. The maximum absolute atomic E-state index is 12.4. The van der Waals surface area contributed by atoms with Crippen LogP contribution in [0, 0.1) is 5.41 Å². The zero-order valence-electron chi connectivity index (χ0n) is 18.4. The van der Waals surface area contributed by atoms with Crippen LogP contribution < -0.4 is 4.74 Å². The summed E-state index contributed by atoms with van der Waals surface area (Å²) in [6, 6.07) is 15.3.